The van der Waals surface area contributed by atoms with Crippen molar-refractivity contribution in [3.05, 3.63) is 99.4 Å². The van der Waals surface area contributed by atoms with Crippen molar-refractivity contribution >= 4 is 41.0 Å². The summed E-state index contributed by atoms with van der Waals surface area (Å²) in [5, 5.41) is 13.3. The molecule has 1 fully saturated rings. The molecule has 8 heteroatoms. The molecule has 1 aliphatic heterocycles. The minimum Gasteiger partial charge on any atom is -0.355 e. The van der Waals surface area contributed by atoms with E-state index in [4.69, 9.17) is 5.41 Å². The Morgan fingerprint density at radius 2 is 2.00 bits per heavy atom. The third-order valence-electron chi connectivity index (χ3n) is 6.50. The van der Waals surface area contributed by atoms with Crippen LogP contribution in [-0.4, -0.2) is 34.4 Å². The van der Waals surface area contributed by atoms with Crippen molar-refractivity contribution in [2.24, 2.45) is 5.41 Å². The lowest BCUT2D eigenvalue weighted by molar-refractivity contribution is 0.0776. The van der Waals surface area contributed by atoms with Gasteiger partial charge in [0.2, 0.25) is 0 Å². The Labute approximate surface area is 212 Å². The van der Waals surface area contributed by atoms with E-state index >= 15 is 0 Å². The summed E-state index contributed by atoms with van der Waals surface area (Å²) < 4.78 is 15.6. The summed E-state index contributed by atoms with van der Waals surface area (Å²) in [7, 11) is 0. The molecule has 5 rings (SSSR count). The Hall–Kier alpha value is -3.07. The normalized spacial score (nSPS) is 20.2. The van der Waals surface area contributed by atoms with Crippen molar-refractivity contribution in [3.8, 4) is 0 Å². The van der Waals surface area contributed by atoms with Crippen LogP contribution in [0.3, 0.4) is 0 Å². The Morgan fingerprint density at radius 1 is 1.23 bits per heavy atom. The van der Waals surface area contributed by atoms with Crippen molar-refractivity contribution in [3.63, 3.8) is 0 Å². The maximum absolute atomic E-state index is 13.9. The summed E-state index contributed by atoms with van der Waals surface area (Å²) in [4.78, 5) is 19.4. The second-order valence-corrected chi connectivity index (χ2v) is 10.8. The Kier molecular flexibility index (Phi) is 6.69. The Morgan fingerprint density at radius 3 is 2.69 bits per heavy atom. The number of thiazole rings is 1. The molecule has 2 aliphatic rings. The van der Waals surface area contributed by atoms with Crippen LogP contribution in [0.1, 0.15) is 28.9 Å². The quantitative estimate of drug-likeness (QED) is 0.218. The van der Waals surface area contributed by atoms with E-state index in [9.17, 15) is 9.18 Å². The van der Waals surface area contributed by atoms with E-state index in [0.29, 0.717) is 18.7 Å². The number of ketones is 1. The molecule has 0 bridgehead atoms. The SMILES string of the molecule is Cc1ccc(SN2CCC3=CC(Nc4ccc(F)cc4)=C(C=N)CC3(C(=O)c3cscn3)C2)cc1. The van der Waals surface area contributed by atoms with Gasteiger partial charge in [-0.05, 0) is 79.8 Å². The number of nitrogens with zero attached hydrogens (tertiary/aromatic N) is 2. The number of fused-ring (bicyclic) bond motifs is 1. The van der Waals surface area contributed by atoms with Gasteiger partial charge in [-0.25, -0.2) is 13.7 Å². The number of carbonyl (C=O) groups is 1. The monoisotopic (exact) mass is 504 g/mol. The summed E-state index contributed by atoms with van der Waals surface area (Å²) in [6.45, 7) is 3.41. The highest BCUT2D eigenvalue weighted by atomic mass is 32.2. The fourth-order valence-electron chi connectivity index (χ4n) is 4.66. The van der Waals surface area contributed by atoms with E-state index in [1.807, 2.05) is 6.08 Å². The number of aryl methyl sites for hydroxylation is 1. The molecule has 0 saturated carbocycles. The van der Waals surface area contributed by atoms with Gasteiger partial charge in [-0.2, -0.15) is 0 Å². The van der Waals surface area contributed by atoms with Gasteiger partial charge in [0.1, 0.15) is 11.5 Å². The highest BCUT2D eigenvalue weighted by molar-refractivity contribution is 7.97. The number of carbonyl (C=O) groups excluding carboxylic acids is 1. The minimum atomic E-state index is -0.787. The number of rotatable bonds is 7. The molecule has 1 aliphatic carbocycles. The fourth-order valence-corrected chi connectivity index (χ4v) is 6.22. The summed E-state index contributed by atoms with van der Waals surface area (Å²) in [6, 6.07) is 14.6. The molecule has 1 saturated heterocycles. The maximum atomic E-state index is 13.9. The van der Waals surface area contributed by atoms with E-state index in [0.717, 1.165) is 40.4 Å². The maximum Gasteiger partial charge on any atom is 0.193 e. The van der Waals surface area contributed by atoms with Crippen LogP contribution in [0.5, 0.6) is 0 Å². The highest BCUT2D eigenvalue weighted by Crippen LogP contribution is 2.48. The molecule has 2 heterocycles. The number of piperidine rings is 1. The topological polar surface area (TPSA) is 69.1 Å². The van der Waals surface area contributed by atoms with Crippen molar-refractivity contribution in [2.45, 2.75) is 24.7 Å². The number of halogens is 1. The molecule has 1 unspecified atom stereocenters. The van der Waals surface area contributed by atoms with Gasteiger partial charge in [-0.15, -0.1) is 11.3 Å². The molecule has 5 nitrogen and oxygen atoms in total. The smallest absolute Gasteiger partial charge is 0.193 e. The van der Waals surface area contributed by atoms with Gasteiger partial charge < -0.3 is 10.7 Å². The number of Topliss-reactive ketones (excluding diaryl/α,β-unsaturated/α-hetero) is 1. The first kappa shape index (κ1) is 23.7. The van der Waals surface area contributed by atoms with E-state index in [2.05, 4.69) is 45.8 Å². The Balaban J connectivity index is 1.48. The average molecular weight is 505 g/mol. The van der Waals surface area contributed by atoms with E-state index < -0.39 is 5.41 Å². The lowest BCUT2D eigenvalue weighted by atomic mass is 9.65. The number of allylic oxidation sites excluding steroid dienone is 2. The van der Waals surface area contributed by atoms with Crippen LogP contribution in [0.25, 0.3) is 0 Å². The molecule has 0 radical (unpaired) electrons. The van der Waals surface area contributed by atoms with Crippen LogP contribution in [0, 0.1) is 23.6 Å². The van der Waals surface area contributed by atoms with E-state index in [1.54, 1.807) is 35.0 Å². The molecule has 3 aromatic rings. The lowest BCUT2D eigenvalue weighted by Gasteiger charge is -2.45. The number of hydrogen-bond acceptors (Lipinski definition) is 7. The summed E-state index contributed by atoms with van der Waals surface area (Å²) >= 11 is 3.08. The van der Waals surface area contributed by atoms with Crippen LogP contribution in [0.15, 0.2) is 87.2 Å². The first-order chi connectivity index (χ1) is 17.0. The van der Waals surface area contributed by atoms with Gasteiger partial charge in [0, 0.05) is 41.0 Å². The van der Waals surface area contributed by atoms with E-state index in [1.165, 1.54) is 35.2 Å². The zero-order valence-corrected chi connectivity index (χ0v) is 20.9. The second-order valence-electron chi connectivity index (χ2n) is 8.86. The highest BCUT2D eigenvalue weighted by Gasteiger charge is 2.49. The fraction of sp³-hybridized carbons (Fsp3) is 0.222. The summed E-state index contributed by atoms with van der Waals surface area (Å²) in [5.74, 6) is -0.301. The average Bonchev–Trinajstić information content (AvgIpc) is 3.41. The molecule has 0 amide bonds. The number of nitrogens with one attached hydrogen (secondary N) is 2. The van der Waals surface area contributed by atoms with Gasteiger partial charge in [0.25, 0.3) is 0 Å². The molecule has 0 spiro atoms. The van der Waals surface area contributed by atoms with Crippen LogP contribution < -0.4 is 5.32 Å². The van der Waals surface area contributed by atoms with Gasteiger partial charge >= 0.3 is 0 Å². The first-order valence-electron chi connectivity index (χ1n) is 11.4. The second kappa shape index (κ2) is 9.89. The van der Waals surface area contributed by atoms with Crippen LogP contribution in [0.2, 0.25) is 0 Å². The van der Waals surface area contributed by atoms with Crippen molar-refractivity contribution < 1.29 is 9.18 Å². The van der Waals surface area contributed by atoms with Crippen LogP contribution in [0.4, 0.5) is 10.1 Å². The minimum absolute atomic E-state index is 0.000566. The first-order valence-corrected chi connectivity index (χ1v) is 13.1. The lowest BCUT2D eigenvalue weighted by Crippen LogP contribution is -2.49. The van der Waals surface area contributed by atoms with Gasteiger partial charge in [-0.3, -0.25) is 4.79 Å². The molecule has 1 atom stereocenters. The molecule has 178 valence electrons. The molecular weight excluding hydrogens is 479 g/mol. The predicted octanol–water partition coefficient (Wildman–Crippen LogP) is 6.52. The van der Waals surface area contributed by atoms with E-state index in [-0.39, 0.29) is 11.6 Å². The zero-order chi connectivity index (χ0) is 24.4. The van der Waals surface area contributed by atoms with Crippen molar-refractivity contribution in [1.82, 2.24) is 9.29 Å². The van der Waals surface area contributed by atoms with Crippen molar-refractivity contribution in [1.29, 1.82) is 5.41 Å². The molecule has 2 aromatic carbocycles. The van der Waals surface area contributed by atoms with Gasteiger partial charge in [0.05, 0.1) is 10.9 Å². The third kappa shape index (κ3) is 4.87. The molecule has 35 heavy (non-hydrogen) atoms. The number of anilines is 1. The van der Waals surface area contributed by atoms with Crippen molar-refractivity contribution in [2.75, 3.05) is 18.4 Å². The van der Waals surface area contributed by atoms with Crippen LogP contribution >= 0.6 is 23.3 Å². The number of hydrogen-bond donors (Lipinski definition) is 2. The standard InChI is InChI=1S/C27H25FN4OS2/c1-18-2-8-23(9-3-18)35-32-11-10-20-12-24(31-22-6-4-21(28)5-7-22)19(14-29)13-27(20,16-32)26(33)25-15-34-17-30-25/h2-9,12,14-15,17,29,31H,10-11,13,16H2,1H3. The predicted molar refractivity (Wildman–Crippen MR) is 141 cm³/mol. The number of benzene rings is 2. The molecular formula is C27H25FN4OS2. The summed E-state index contributed by atoms with van der Waals surface area (Å²) in [5.41, 5.74) is 5.89. The van der Waals surface area contributed by atoms with Crippen LogP contribution in [-0.2, 0) is 0 Å². The third-order valence-corrected chi connectivity index (χ3v) is 8.14. The zero-order valence-electron chi connectivity index (χ0n) is 19.3. The molecule has 1 aromatic heterocycles. The number of aromatic nitrogens is 1. The Bertz CT molecular complexity index is 1300. The van der Waals surface area contributed by atoms with Gasteiger partial charge in [0.15, 0.2) is 5.78 Å². The summed E-state index contributed by atoms with van der Waals surface area (Å²) in [6.07, 6.45) is 4.48. The largest absolute Gasteiger partial charge is 0.355 e. The van der Waals surface area contributed by atoms with Gasteiger partial charge in [-0.1, -0.05) is 23.3 Å². The molecule has 2 N–H and O–H groups in total.